The second-order valence-corrected chi connectivity index (χ2v) is 4.79. The Morgan fingerprint density at radius 3 is 3.00 bits per heavy atom. The summed E-state index contributed by atoms with van der Waals surface area (Å²) in [6.07, 6.45) is 1.89. The molecular weight excluding hydrogens is 299 g/mol. The standard InChI is InChI=1S/C12H14BrFN4/c1-2-15-6-10-8-18(17-16-10)7-9-3-4-12(14)11(13)5-9/h3-5,8,15H,2,6-7H2,1H3. The van der Waals surface area contributed by atoms with Crippen LogP contribution in [-0.2, 0) is 13.1 Å². The van der Waals surface area contributed by atoms with Crippen LogP contribution < -0.4 is 5.32 Å². The first-order valence-corrected chi connectivity index (χ1v) is 6.52. The van der Waals surface area contributed by atoms with E-state index in [1.165, 1.54) is 6.07 Å². The van der Waals surface area contributed by atoms with Gasteiger partial charge in [0, 0.05) is 6.54 Å². The van der Waals surface area contributed by atoms with Crippen molar-refractivity contribution in [1.82, 2.24) is 20.3 Å². The number of nitrogens with one attached hydrogen (secondary N) is 1. The van der Waals surface area contributed by atoms with Gasteiger partial charge in [0.25, 0.3) is 0 Å². The summed E-state index contributed by atoms with van der Waals surface area (Å²) in [5.74, 6) is -0.259. The highest BCUT2D eigenvalue weighted by molar-refractivity contribution is 9.10. The summed E-state index contributed by atoms with van der Waals surface area (Å²) in [7, 11) is 0. The molecule has 0 spiro atoms. The summed E-state index contributed by atoms with van der Waals surface area (Å²) in [6.45, 7) is 4.24. The van der Waals surface area contributed by atoms with E-state index in [-0.39, 0.29) is 5.82 Å². The number of halogens is 2. The molecule has 0 aliphatic carbocycles. The molecule has 2 aromatic rings. The molecule has 1 aromatic carbocycles. The van der Waals surface area contributed by atoms with Crippen LogP contribution in [0.5, 0.6) is 0 Å². The molecule has 0 amide bonds. The molecule has 1 aromatic heterocycles. The third kappa shape index (κ3) is 3.36. The van der Waals surface area contributed by atoms with Crippen molar-refractivity contribution < 1.29 is 4.39 Å². The summed E-state index contributed by atoms with van der Waals surface area (Å²) >= 11 is 3.17. The highest BCUT2D eigenvalue weighted by Gasteiger charge is 2.03. The number of nitrogens with zero attached hydrogens (tertiary/aromatic N) is 3. The van der Waals surface area contributed by atoms with Crippen LogP contribution in [0.2, 0.25) is 0 Å². The minimum atomic E-state index is -0.259. The van der Waals surface area contributed by atoms with Gasteiger partial charge in [-0.2, -0.15) is 0 Å². The number of aromatic nitrogens is 3. The summed E-state index contributed by atoms with van der Waals surface area (Å²) in [5.41, 5.74) is 1.88. The van der Waals surface area contributed by atoms with E-state index in [0.717, 1.165) is 17.8 Å². The van der Waals surface area contributed by atoms with Gasteiger partial charge in [-0.25, -0.2) is 9.07 Å². The van der Waals surface area contributed by atoms with Gasteiger partial charge in [-0.05, 0) is 40.2 Å². The van der Waals surface area contributed by atoms with Gasteiger partial charge in [0.2, 0.25) is 0 Å². The normalized spacial score (nSPS) is 10.8. The van der Waals surface area contributed by atoms with E-state index in [1.807, 2.05) is 13.1 Å². The molecule has 2 rings (SSSR count). The zero-order valence-electron chi connectivity index (χ0n) is 10.0. The van der Waals surface area contributed by atoms with E-state index < -0.39 is 0 Å². The van der Waals surface area contributed by atoms with Crippen LogP contribution in [0.1, 0.15) is 18.2 Å². The first-order valence-electron chi connectivity index (χ1n) is 5.72. The Morgan fingerprint density at radius 2 is 2.28 bits per heavy atom. The Morgan fingerprint density at radius 1 is 1.44 bits per heavy atom. The molecule has 96 valence electrons. The highest BCUT2D eigenvalue weighted by atomic mass is 79.9. The molecule has 0 aliphatic heterocycles. The van der Waals surface area contributed by atoms with Crippen LogP contribution in [0.25, 0.3) is 0 Å². The first-order chi connectivity index (χ1) is 8.69. The molecule has 4 nitrogen and oxygen atoms in total. The Kier molecular flexibility index (Phi) is 4.43. The maximum absolute atomic E-state index is 13.1. The van der Waals surface area contributed by atoms with Gasteiger partial charge < -0.3 is 5.32 Å². The largest absolute Gasteiger partial charge is 0.311 e. The molecule has 0 aliphatic rings. The minimum absolute atomic E-state index is 0.259. The average molecular weight is 313 g/mol. The van der Waals surface area contributed by atoms with Crippen LogP contribution in [0.3, 0.4) is 0 Å². The Balaban J connectivity index is 2.04. The lowest BCUT2D eigenvalue weighted by molar-refractivity contribution is 0.615. The molecule has 18 heavy (non-hydrogen) atoms. The van der Waals surface area contributed by atoms with Gasteiger partial charge in [0.05, 0.1) is 22.9 Å². The van der Waals surface area contributed by atoms with Gasteiger partial charge in [-0.3, -0.25) is 0 Å². The van der Waals surface area contributed by atoms with Crippen LogP contribution >= 0.6 is 15.9 Å². The highest BCUT2D eigenvalue weighted by Crippen LogP contribution is 2.17. The van der Waals surface area contributed by atoms with Crippen molar-refractivity contribution in [3.05, 3.63) is 45.9 Å². The lowest BCUT2D eigenvalue weighted by Gasteiger charge is -2.02. The number of hydrogen-bond donors (Lipinski definition) is 1. The van der Waals surface area contributed by atoms with Crippen LogP contribution in [-0.4, -0.2) is 21.5 Å². The van der Waals surface area contributed by atoms with E-state index in [1.54, 1.807) is 16.8 Å². The average Bonchev–Trinajstić information content (AvgIpc) is 2.79. The van der Waals surface area contributed by atoms with Crippen molar-refractivity contribution in [2.75, 3.05) is 6.54 Å². The van der Waals surface area contributed by atoms with E-state index >= 15 is 0 Å². The summed E-state index contributed by atoms with van der Waals surface area (Å²) in [5, 5.41) is 11.3. The fourth-order valence-electron chi connectivity index (χ4n) is 1.57. The minimum Gasteiger partial charge on any atom is -0.311 e. The topological polar surface area (TPSA) is 42.7 Å². The SMILES string of the molecule is CCNCc1cn(Cc2ccc(F)c(Br)c2)nn1. The Hall–Kier alpha value is -1.27. The third-order valence-corrected chi connectivity index (χ3v) is 3.08. The van der Waals surface area contributed by atoms with Crippen molar-refractivity contribution in [3.8, 4) is 0 Å². The lowest BCUT2D eigenvalue weighted by atomic mass is 10.2. The molecule has 0 fully saturated rings. The van der Waals surface area contributed by atoms with Crippen LogP contribution in [0, 0.1) is 5.82 Å². The quantitative estimate of drug-likeness (QED) is 0.921. The summed E-state index contributed by atoms with van der Waals surface area (Å²) in [6, 6.07) is 4.93. The maximum atomic E-state index is 13.1. The molecule has 0 saturated heterocycles. The number of benzene rings is 1. The molecule has 0 unspecified atom stereocenters. The zero-order valence-corrected chi connectivity index (χ0v) is 11.6. The molecule has 0 saturated carbocycles. The molecule has 0 bridgehead atoms. The zero-order chi connectivity index (χ0) is 13.0. The van der Waals surface area contributed by atoms with Gasteiger partial charge in [0.15, 0.2) is 0 Å². The monoisotopic (exact) mass is 312 g/mol. The smallest absolute Gasteiger partial charge is 0.137 e. The Bertz CT molecular complexity index is 527. The Labute approximate surface area is 113 Å². The second-order valence-electron chi connectivity index (χ2n) is 3.94. The van der Waals surface area contributed by atoms with Crippen molar-refractivity contribution in [1.29, 1.82) is 0 Å². The van der Waals surface area contributed by atoms with Crippen LogP contribution in [0.15, 0.2) is 28.9 Å². The van der Waals surface area contributed by atoms with E-state index in [4.69, 9.17) is 0 Å². The molecule has 0 radical (unpaired) electrons. The molecule has 6 heteroatoms. The fraction of sp³-hybridized carbons (Fsp3) is 0.333. The van der Waals surface area contributed by atoms with Gasteiger partial charge in [-0.15, -0.1) is 5.10 Å². The van der Waals surface area contributed by atoms with Crippen molar-refractivity contribution in [2.45, 2.75) is 20.0 Å². The van der Waals surface area contributed by atoms with Gasteiger partial charge >= 0.3 is 0 Å². The predicted octanol–water partition coefficient (Wildman–Crippen LogP) is 2.34. The summed E-state index contributed by atoms with van der Waals surface area (Å²) in [4.78, 5) is 0. The molecular formula is C12H14BrFN4. The van der Waals surface area contributed by atoms with Gasteiger partial charge in [-0.1, -0.05) is 18.2 Å². The van der Waals surface area contributed by atoms with Gasteiger partial charge in [0.1, 0.15) is 5.82 Å². The molecule has 0 atom stereocenters. The van der Waals surface area contributed by atoms with Crippen molar-refractivity contribution >= 4 is 15.9 Å². The number of hydrogen-bond acceptors (Lipinski definition) is 3. The van der Waals surface area contributed by atoms with E-state index in [2.05, 4.69) is 31.6 Å². The molecule has 1 heterocycles. The van der Waals surface area contributed by atoms with Crippen molar-refractivity contribution in [3.63, 3.8) is 0 Å². The van der Waals surface area contributed by atoms with E-state index in [0.29, 0.717) is 17.6 Å². The van der Waals surface area contributed by atoms with E-state index in [9.17, 15) is 4.39 Å². The first kappa shape index (κ1) is 13.2. The fourth-order valence-corrected chi connectivity index (χ4v) is 2.00. The number of rotatable bonds is 5. The lowest BCUT2D eigenvalue weighted by Crippen LogP contribution is -2.11. The summed E-state index contributed by atoms with van der Waals surface area (Å²) < 4.78 is 15.3. The second kappa shape index (κ2) is 6.06. The third-order valence-electron chi connectivity index (χ3n) is 2.47. The van der Waals surface area contributed by atoms with Crippen LogP contribution in [0.4, 0.5) is 4.39 Å². The van der Waals surface area contributed by atoms with Crippen molar-refractivity contribution in [2.24, 2.45) is 0 Å². The predicted molar refractivity (Wildman–Crippen MR) is 70.6 cm³/mol. The maximum Gasteiger partial charge on any atom is 0.137 e. The molecule has 1 N–H and O–H groups in total.